The van der Waals surface area contributed by atoms with Gasteiger partial charge in [0.1, 0.15) is 11.6 Å². The maximum Gasteiger partial charge on any atom is 0.206 e. The highest BCUT2D eigenvalue weighted by Gasteiger charge is 2.22. The summed E-state index contributed by atoms with van der Waals surface area (Å²) in [6, 6.07) is 17.6. The molecule has 0 bridgehead atoms. The largest absolute Gasteiger partial charge is 0.395 e. The number of aliphatic hydroxyl groups excluding tert-OH is 2. The van der Waals surface area contributed by atoms with E-state index in [1.54, 1.807) is 36.4 Å². The van der Waals surface area contributed by atoms with Gasteiger partial charge in [0.25, 0.3) is 0 Å². The van der Waals surface area contributed by atoms with Crippen LogP contribution in [-0.4, -0.2) is 50.9 Å². The van der Waals surface area contributed by atoms with Crippen LogP contribution in [0.2, 0.25) is 0 Å². The molecule has 9 heteroatoms. The number of hydrogen-bond donors (Lipinski definition) is 2. The van der Waals surface area contributed by atoms with E-state index in [0.717, 1.165) is 11.1 Å². The first-order chi connectivity index (χ1) is 16.8. The molecular weight excluding hydrogens is 464 g/mol. The number of hydrogen-bond acceptors (Lipinski definition) is 6. The Morgan fingerprint density at radius 2 is 1.37 bits per heavy atom. The standard InChI is InChI=1S/C26H26N4O4S/c1-17-4-3-5-19(14-17)26-28-23-9-7-21(16-25(23)30(26)11-13-32)35(33,34)20-6-8-22-24(15-20)29(10-12-31)18(2)27-22/h3-9,14-16,31-32H,10-13H2,1-2H3. The molecule has 3 aromatic carbocycles. The van der Waals surface area contributed by atoms with E-state index in [1.807, 2.05) is 47.2 Å². The molecule has 0 aliphatic carbocycles. The van der Waals surface area contributed by atoms with Crippen LogP contribution >= 0.6 is 0 Å². The number of fused-ring (bicyclic) bond motifs is 2. The number of rotatable bonds is 7. The third-order valence-electron chi connectivity index (χ3n) is 6.17. The lowest BCUT2D eigenvalue weighted by molar-refractivity contribution is 0.276. The van der Waals surface area contributed by atoms with E-state index in [4.69, 9.17) is 4.98 Å². The number of aliphatic hydroxyl groups is 2. The first-order valence-corrected chi connectivity index (χ1v) is 12.8. The zero-order valence-electron chi connectivity index (χ0n) is 19.5. The van der Waals surface area contributed by atoms with Gasteiger partial charge in [-0.15, -0.1) is 0 Å². The Bertz CT molecular complexity index is 1670. The fourth-order valence-electron chi connectivity index (χ4n) is 4.51. The predicted octanol–water partition coefficient (Wildman–Crippen LogP) is 3.49. The first kappa shape index (κ1) is 23.2. The van der Waals surface area contributed by atoms with Gasteiger partial charge < -0.3 is 19.3 Å². The molecule has 35 heavy (non-hydrogen) atoms. The second kappa shape index (κ2) is 8.92. The Kier molecular flexibility index (Phi) is 5.92. The summed E-state index contributed by atoms with van der Waals surface area (Å²) in [5.41, 5.74) is 4.61. The Balaban J connectivity index is 1.65. The number of aryl methyl sites for hydroxylation is 2. The number of aromatic nitrogens is 4. The minimum Gasteiger partial charge on any atom is -0.395 e. The zero-order valence-corrected chi connectivity index (χ0v) is 20.3. The van der Waals surface area contributed by atoms with Crippen molar-refractivity contribution in [1.82, 2.24) is 19.1 Å². The molecule has 0 saturated carbocycles. The van der Waals surface area contributed by atoms with Gasteiger partial charge in [-0.3, -0.25) is 0 Å². The summed E-state index contributed by atoms with van der Waals surface area (Å²) in [6.07, 6.45) is 0. The van der Waals surface area contributed by atoms with Gasteiger partial charge in [0.05, 0.1) is 45.1 Å². The van der Waals surface area contributed by atoms with Gasteiger partial charge in [0, 0.05) is 18.7 Å². The van der Waals surface area contributed by atoms with Gasteiger partial charge in [-0.05, 0) is 56.3 Å². The molecule has 2 N–H and O–H groups in total. The maximum absolute atomic E-state index is 13.6. The van der Waals surface area contributed by atoms with Gasteiger partial charge in [-0.2, -0.15) is 0 Å². The lowest BCUT2D eigenvalue weighted by Crippen LogP contribution is -2.07. The summed E-state index contributed by atoms with van der Waals surface area (Å²) in [5, 5.41) is 19.1. The molecule has 0 radical (unpaired) electrons. The van der Waals surface area contributed by atoms with Crippen LogP contribution < -0.4 is 0 Å². The Hall–Kier alpha value is -3.53. The molecule has 5 aromatic rings. The molecule has 180 valence electrons. The van der Waals surface area contributed by atoms with Crippen molar-refractivity contribution < 1.29 is 18.6 Å². The summed E-state index contributed by atoms with van der Waals surface area (Å²) in [5.74, 6) is 1.39. The van der Waals surface area contributed by atoms with Gasteiger partial charge >= 0.3 is 0 Å². The topological polar surface area (TPSA) is 110 Å². The molecule has 5 rings (SSSR count). The maximum atomic E-state index is 13.6. The van der Waals surface area contributed by atoms with Crippen molar-refractivity contribution >= 4 is 31.9 Å². The van der Waals surface area contributed by atoms with E-state index in [2.05, 4.69) is 4.98 Å². The summed E-state index contributed by atoms with van der Waals surface area (Å²) in [7, 11) is -3.85. The van der Waals surface area contributed by atoms with E-state index in [-0.39, 0.29) is 29.5 Å². The quantitative estimate of drug-likeness (QED) is 0.361. The molecule has 0 saturated heterocycles. The van der Waals surface area contributed by atoms with E-state index < -0.39 is 9.84 Å². The lowest BCUT2D eigenvalue weighted by Gasteiger charge is -2.10. The number of nitrogens with zero attached hydrogens (tertiary/aromatic N) is 4. The summed E-state index contributed by atoms with van der Waals surface area (Å²) in [4.78, 5) is 9.49. The van der Waals surface area contributed by atoms with Crippen molar-refractivity contribution in [2.24, 2.45) is 0 Å². The molecule has 0 unspecified atom stereocenters. The Morgan fingerprint density at radius 1 is 0.771 bits per heavy atom. The van der Waals surface area contributed by atoms with Crippen molar-refractivity contribution in [3.63, 3.8) is 0 Å². The van der Waals surface area contributed by atoms with Crippen LogP contribution in [0.1, 0.15) is 11.4 Å². The predicted molar refractivity (Wildman–Crippen MR) is 134 cm³/mol. The average Bonchev–Trinajstić information content (AvgIpc) is 3.36. The Labute approximate surface area is 203 Å². The summed E-state index contributed by atoms with van der Waals surface area (Å²) < 4.78 is 30.9. The SMILES string of the molecule is Cc1cccc(-c2nc3ccc(S(=O)(=O)c4ccc5nc(C)n(CCO)c5c4)cc3n2CCO)c1. The van der Waals surface area contributed by atoms with Crippen LogP contribution in [-0.2, 0) is 22.9 Å². The highest BCUT2D eigenvalue weighted by atomic mass is 32.2. The van der Waals surface area contributed by atoms with Crippen LogP contribution in [0.4, 0.5) is 0 Å². The van der Waals surface area contributed by atoms with E-state index in [9.17, 15) is 18.6 Å². The average molecular weight is 491 g/mol. The van der Waals surface area contributed by atoms with Crippen molar-refractivity contribution in [2.75, 3.05) is 13.2 Å². The number of benzene rings is 3. The van der Waals surface area contributed by atoms with E-state index in [0.29, 0.717) is 40.3 Å². The minimum atomic E-state index is -3.85. The second-order valence-electron chi connectivity index (χ2n) is 8.52. The van der Waals surface area contributed by atoms with Gasteiger partial charge in [-0.25, -0.2) is 18.4 Å². The van der Waals surface area contributed by atoms with Crippen LogP contribution in [0.3, 0.4) is 0 Å². The normalized spacial score (nSPS) is 12.1. The first-order valence-electron chi connectivity index (χ1n) is 11.3. The molecule has 8 nitrogen and oxygen atoms in total. The molecule has 0 spiro atoms. The molecule has 0 amide bonds. The Morgan fingerprint density at radius 3 is 2.00 bits per heavy atom. The fraction of sp³-hybridized carbons (Fsp3) is 0.231. The molecule has 0 aliphatic heterocycles. The van der Waals surface area contributed by atoms with Crippen molar-refractivity contribution in [1.29, 1.82) is 0 Å². The molecule has 0 atom stereocenters. The molecule has 2 aromatic heterocycles. The molecule has 2 heterocycles. The number of imidazole rings is 2. The molecule has 0 fully saturated rings. The molecule has 0 aliphatic rings. The van der Waals surface area contributed by atoms with Crippen LogP contribution in [0, 0.1) is 13.8 Å². The van der Waals surface area contributed by atoms with E-state index in [1.165, 1.54) is 0 Å². The van der Waals surface area contributed by atoms with Gasteiger partial charge in [0.15, 0.2) is 0 Å². The highest BCUT2D eigenvalue weighted by molar-refractivity contribution is 7.91. The van der Waals surface area contributed by atoms with Crippen molar-refractivity contribution in [3.05, 3.63) is 72.1 Å². The third kappa shape index (κ3) is 4.01. The van der Waals surface area contributed by atoms with E-state index >= 15 is 0 Å². The third-order valence-corrected chi connectivity index (χ3v) is 7.92. The van der Waals surface area contributed by atoms with Crippen LogP contribution in [0.25, 0.3) is 33.5 Å². The lowest BCUT2D eigenvalue weighted by atomic mass is 10.1. The van der Waals surface area contributed by atoms with Crippen LogP contribution in [0.5, 0.6) is 0 Å². The van der Waals surface area contributed by atoms with Gasteiger partial charge in [0.2, 0.25) is 9.84 Å². The molecular formula is C26H26N4O4S. The fourth-order valence-corrected chi connectivity index (χ4v) is 5.81. The van der Waals surface area contributed by atoms with Crippen molar-refractivity contribution in [3.8, 4) is 11.4 Å². The van der Waals surface area contributed by atoms with Crippen LogP contribution in [0.15, 0.2) is 70.5 Å². The zero-order chi connectivity index (χ0) is 24.7. The smallest absolute Gasteiger partial charge is 0.206 e. The number of sulfone groups is 1. The van der Waals surface area contributed by atoms with Gasteiger partial charge in [-0.1, -0.05) is 23.8 Å². The minimum absolute atomic E-state index is 0.0714. The summed E-state index contributed by atoms with van der Waals surface area (Å²) >= 11 is 0. The summed E-state index contributed by atoms with van der Waals surface area (Å²) in [6.45, 7) is 4.27. The van der Waals surface area contributed by atoms with Crippen molar-refractivity contribution in [2.45, 2.75) is 36.7 Å². The second-order valence-corrected chi connectivity index (χ2v) is 10.5. The highest BCUT2D eigenvalue weighted by Crippen LogP contribution is 2.30. The monoisotopic (exact) mass is 490 g/mol.